The Labute approximate surface area is 369 Å². The second-order valence-electron chi connectivity index (χ2n) is 16.8. The van der Waals surface area contributed by atoms with E-state index in [1.165, 1.54) is 94.3 Å². The van der Waals surface area contributed by atoms with Gasteiger partial charge < -0.3 is 9.47 Å². The lowest BCUT2D eigenvalue weighted by molar-refractivity contribution is 0.785. The minimum atomic E-state index is -0.426. The van der Waals surface area contributed by atoms with Gasteiger partial charge in [0.05, 0.1) is 16.4 Å². The first kappa shape index (κ1) is 36.9. The van der Waals surface area contributed by atoms with Crippen molar-refractivity contribution in [3.8, 4) is 39.1 Å². The van der Waals surface area contributed by atoms with Gasteiger partial charge in [-0.2, -0.15) is 0 Å². The molecule has 0 saturated heterocycles. The van der Waals surface area contributed by atoms with Gasteiger partial charge in [0.1, 0.15) is 0 Å². The van der Waals surface area contributed by atoms with Gasteiger partial charge in [0.2, 0.25) is 0 Å². The molecular formula is C61H44N2. The third-order valence-corrected chi connectivity index (χ3v) is 13.5. The SMILES string of the molecule is C/C=C\C1=C(C)c2ccccc2[C@@]12c1ccccc1-c1ccc(N(c3ccc(-c4ccccc4)cc3)c3ccc(-c4ccc5c(c4)c4ccccc4n5-c4ccccc4)cc3)cc12. The van der Waals surface area contributed by atoms with E-state index in [1.54, 1.807) is 0 Å². The van der Waals surface area contributed by atoms with E-state index in [-0.39, 0.29) is 0 Å². The number of aromatic nitrogens is 1. The Morgan fingerprint density at radius 3 is 1.65 bits per heavy atom. The Balaban J connectivity index is 1.01. The van der Waals surface area contributed by atoms with E-state index in [1.807, 2.05) is 0 Å². The smallest absolute Gasteiger partial charge is 0.0722 e. The lowest BCUT2D eigenvalue weighted by Gasteiger charge is -2.33. The van der Waals surface area contributed by atoms with Crippen LogP contribution in [0.2, 0.25) is 0 Å². The van der Waals surface area contributed by atoms with Crippen LogP contribution in [-0.2, 0) is 5.41 Å². The van der Waals surface area contributed by atoms with E-state index in [2.05, 4.69) is 254 Å². The van der Waals surface area contributed by atoms with Crippen molar-refractivity contribution in [2.75, 3.05) is 4.90 Å². The standard InChI is InChI=1S/C61H44N2/c1-3-16-55-41(2)50-21-10-13-24-56(50)61(55)57-25-14-11-22-51(57)52-37-36-49(40-58(52)61)62(47-32-27-43(28-33-47)42-17-6-4-7-18-42)48-34-29-44(30-35-48)45-31-38-60-54(39-45)53-23-12-15-26-59(53)63(60)46-19-8-5-9-20-46/h3-40H,1-2H3/b16-3-/t61-/m1/s1. The first-order valence-electron chi connectivity index (χ1n) is 22.0. The van der Waals surface area contributed by atoms with Crippen LogP contribution in [0.3, 0.4) is 0 Å². The molecule has 0 saturated carbocycles. The lowest BCUT2D eigenvalue weighted by atomic mass is 9.69. The Morgan fingerprint density at radius 2 is 0.937 bits per heavy atom. The maximum absolute atomic E-state index is 2.48. The van der Waals surface area contributed by atoms with Gasteiger partial charge in [-0.25, -0.2) is 0 Å². The molecule has 9 aromatic carbocycles. The molecule has 1 atom stereocenters. The molecule has 1 aromatic heterocycles. The molecule has 63 heavy (non-hydrogen) atoms. The second kappa shape index (κ2) is 14.6. The first-order chi connectivity index (χ1) is 31.1. The highest BCUT2D eigenvalue weighted by atomic mass is 15.1. The van der Waals surface area contributed by atoms with E-state index < -0.39 is 5.41 Å². The van der Waals surface area contributed by atoms with Crippen molar-refractivity contribution in [1.82, 2.24) is 4.57 Å². The minimum Gasteiger partial charge on any atom is -0.310 e. The summed E-state index contributed by atoms with van der Waals surface area (Å²) >= 11 is 0. The molecule has 10 aromatic rings. The van der Waals surface area contributed by atoms with Gasteiger partial charge in [-0.1, -0.05) is 164 Å². The van der Waals surface area contributed by atoms with Crippen LogP contribution in [0.25, 0.3) is 66.4 Å². The highest BCUT2D eigenvalue weighted by Crippen LogP contribution is 2.62. The number of hydrogen-bond donors (Lipinski definition) is 0. The summed E-state index contributed by atoms with van der Waals surface area (Å²) in [6, 6.07) is 80.4. The Kier molecular flexibility index (Phi) is 8.55. The fraction of sp³-hybridized carbons (Fsp3) is 0.0492. The summed E-state index contributed by atoms with van der Waals surface area (Å²) in [6.07, 6.45) is 4.56. The third-order valence-electron chi connectivity index (χ3n) is 13.5. The van der Waals surface area contributed by atoms with Crippen LogP contribution in [0.15, 0.2) is 236 Å². The fourth-order valence-corrected chi connectivity index (χ4v) is 10.8. The summed E-state index contributed by atoms with van der Waals surface area (Å²) in [6.45, 7) is 4.44. The second-order valence-corrected chi connectivity index (χ2v) is 16.8. The highest BCUT2D eigenvalue weighted by Gasteiger charge is 2.51. The molecule has 1 heterocycles. The van der Waals surface area contributed by atoms with Gasteiger partial charge in [0.15, 0.2) is 0 Å². The number of anilines is 3. The van der Waals surface area contributed by atoms with Crippen LogP contribution in [0.5, 0.6) is 0 Å². The molecule has 2 aliphatic carbocycles. The zero-order valence-electron chi connectivity index (χ0n) is 35.3. The van der Waals surface area contributed by atoms with Gasteiger partial charge in [-0.15, -0.1) is 0 Å². The Bertz CT molecular complexity index is 3440. The normalized spacial score (nSPS) is 15.1. The molecule has 1 spiro atoms. The zero-order chi connectivity index (χ0) is 42.1. The lowest BCUT2D eigenvalue weighted by Crippen LogP contribution is -2.27. The summed E-state index contributed by atoms with van der Waals surface area (Å²) < 4.78 is 2.38. The number of allylic oxidation sites excluding steroid dienone is 4. The molecule has 0 radical (unpaired) electrons. The number of para-hydroxylation sites is 2. The van der Waals surface area contributed by atoms with Crippen LogP contribution in [0, 0.1) is 0 Å². The highest BCUT2D eigenvalue weighted by molar-refractivity contribution is 6.10. The van der Waals surface area contributed by atoms with Crippen molar-refractivity contribution in [1.29, 1.82) is 0 Å². The van der Waals surface area contributed by atoms with Gasteiger partial charge in [0, 0.05) is 33.5 Å². The number of hydrogen-bond acceptors (Lipinski definition) is 1. The molecule has 2 heteroatoms. The van der Waals surface area contributed by atoms with Crippen LogP contribution < -0.4 is 4.90 Å². The number of nitrogens with zero attached hydrogens (tertiary/aromatic N) is 2. The average molecular weight is 805 g/mol. The molecule has 0 unspecified atom stereocenters. The van der Waals surface area contributed by atoms with Crippen LogP contribution in [0.1, 0.15) is 36.1 Å². The maximum Gasteiger partial charge on any atom is 0.0722 e. The summed E-state index contributed by atoms with van der Waals surface area (Å²) in [5, 5.41) is 2.50. The summed E-state index contributed by atoms with van der Waals surface area (Å²) in [5.41, 5.74) is 21.9. The Hall–Kier alpha value is -7.94. The minimum absolute atomic E-state index is 0.426. The number of fused-ring (bicyclic) bond motifs is 10. The van der Waals surface area contributed by atoms with Crippen molar-refractivity contribution in [3.05, 3.63) is 258 Å². The third kappa shape index (κ3) is 5.58. The zero-order valence-corrected chi connectivity index (χ0v) is 35.3. The Morgan fingerprint density at radius 1 is 0.413 bits per heavy atom. The van der Waals surface area contributed by atoms with Crippen molar-refractivity contribution in [3.63, 3.8) is 0 Å². The van der Waals surface area contributed by atoms with E-state index in [0.29, 0.717) is 0 Å². The fourth-order valence-electron chi connectivity index (χ4n) is 10.8. The van der Waals surface area contributed by atoms with Crippen molar-refractivity contribution in [2.24, 2.45) is 0 Å². The topological polar surface area (TPSA) is 8.17 Å². The molecular weight excluding hydrogens is 761 g/mol. The molecule has 2 aliphatic rings. The van der Waals surface area contributed by atoms with Crippen molar-refractivity contribution in [2.45, 2.75) is 19.3 Å². The first-order valence-corrected chi connectivity index (χ1v) is 22.0. The number of benzene rings is 9. The quantitative estimate of drug-likeness (QED) is 0.156. The molecule has 0 N–H and O–H groups in total. The van der Waals surface area contributed by atoms with Gasteiger partial charge >= 0.3 is 0 Å². The summed E-state index contributed by atoms with van der Waals surface area (Å²) in [7, 11) is 0. The summed E-state index contributed by atoms with van der Waals surface area (Å²) in [5.74, 6) is 0. The predicted molar refractivity (Wildman–Crippen MR) is 266 cm³/mol. The van der Waals surface area contributed by atoms with E-state index in [9.17, 15) is 0 Å². The molecule has 298 valence electrons. The van der Waals surface area contributed by atoms with E-state index in [4.69, 9.17) is 0 Å². The van der Waals surface area contributed by atoms with Crippen LogP contribution in [0.4, 0.5) is 17.1 Å². The van der Waals surface area contributed by atoms with E-state index in [0.717, 1.165) is 17.1 Å². The monoisotopic (exact) mass is 804 g/mol. The molecule has 0 bridgehead atoms. The summed E-state index contributed by atoms with van der Waals surface area (Å²) in [4.78, 5) is 2.43. The largest absolute Gasteiger partial charge is 0.310 e. The van der Waals surface area contributed by atoms with Crippen LogP contribution >= 0.6 is 0 Å². The molecule has 2 nitrogen and oxygen atoms in total. The van der Waals surface area contributed by atoms with Gasteiger partial charge in [0.25, 0.3) is 0 Å². The number of rotatable bonds is 7. The van der Waals surface area contributed by atoms with E-state index >= 15 is 0 Å². The van der Waals surface area contributed by atoms with Crippen molar-refractivity contribution >= 4 is 44.4 Å². The average Bonchev–Trinajstić information content (AvgIpc) is 3.93. The van der Waals surface area contributed by atoms with Gasteiger partial charge in [-0.3, -0.25) is 0 Å². The predicted octanol–water partition coefficient (Wildman–Crippen LogP) is 16.3. The molecule has 0 aliphatic heterocycles. The van der Waals surface area contributed by atoms with Crippen LogP contribution in [-0.4, -0.2) is 4.57 Å². The molecule has 12 rings (SSSR count). The molecule has 0 fully saturated rings. The molecule has 0 amide bonds. The maximum atomic E-state index is 2.48. The van der Waals surface area contributed by atoms with Crippen molar-refractivity contribution < 1.29 is 0 Å². The van der Waals surface area contributed by atoms with Gasteiger partial charge in [-0.05, 0) is 147 Å².